The molecule has 5 heteroatoms. The molecular weight excluding hydrogens is 292 g/mol. The predicted molar refractivity (Wildman–Crippen MR) is 86.8 cm³/mol. The van der Waals surface area contributed by atoms with Gasteiger partial charge in [-0.3, -0.25) is 9.59 Å². The van der Waals surface area contributed by atoms with Gasteiger partial charge in [-0.15, -0.1) is 0 Å². The first-order valence-electron chi connectivity index (χ1n) is 8.30. The van der Waals surface area contributed by atoms with Crippen molar-refractivity contribution in [1.29, 1.82) is 0 Å². The molecule has 1 heterocycles. The second-order valence-corrected chi connectivity index (χ2v) is 6.67. The van der Waals surface area contributed by atoms with Gasteiger partial charge in [0.2, 0.25) is 11.8 Å². The van der Waals surface area contributed by atoms with Gasteiger partial charge < -0.3 is 15.4 Å². The third kappa shape index (κ3) is 2.98. The summed E-state index contributed by atoms with van der Waals surface area (Å²) in [5.74, 6) is -0.381. The Labute approximate surface area is 136 Å². The topological polar surface area (TPSA) is 72.6 Å². The molecule has 0 radical (unpaired) electrons. The van der Waals surface area contributed by atoms with Gasteiger partial charge in [-0.05, 0) is 25.3 Å². The number of hydrogen-bond donors (Lipinski definition) is 1. The van der Waals surface area contributed by atoms with Crippen molar-refractivity contribution in [2.45, 2.75) is 44.1 Å². The molecule has 1 saturated carbocycles. The average Bonchev–Trinajstić information content (AvgIpc) is 3.05. The number of amides is 2. The highest BCUT2D eigenvalue weighted by Gasteiger charge is 2.46. The molecule has 3 rings (SSSR count). The summed E-state index contributed by atoms with van der Waals surface area (Å²) in [6.07, 6.45) is 3.16. The molecule has 1 atom stereocenters. The van der Waals surface area contributed by atoms with Crippen LogP contribution in [-0.4, -0.2) is 42.5 Å². The maximum Gasteiger partial charge on any atom is 0.248 e. The largest absolute Gasteiger partial charge is 0.367 e. The predicted octanol–water partition coefficient (Wildman–Crippen LogP) is 1.52. The minimum Gasteiger partial charge on any atom is -0.367 e. The molecule has 1 aliphatic carbocycles. The minimum absolute atomic E-state index is 0.121. The quantitative estimate of drug-likeness (QED) is 0.919. The van der Waals surface area contributed by atoms with Crippen molar-refractivity contribution >= 4 is 11.8 Å². The van der Waals surface area contributed by atoms with Crippen LogP contribution < -0.4 is 5.73 Å². The van der Waals surface area contributed by atoms with Crippen molar-refractivity contribution in [3.05, 3.63) is 35.4 Å². The molecule has 1 saturated heterocycles. The van der Waals surface area contributed by atoms with E-state index in [-0.39, 0.29) is 12.5 Å². The van der Waals surface area contributed by atoms with Gasteiger partial charge >= 0.3 is 0 Å². The Bertz CT molecular complexity index is 608. The SMILES string of the molecule is Cc1cccc(C2(C(=O)N3CCOC(C(N)=O)C3)CCCC2)c1. The number of aryl methyl sites for hydroxylation is 1. The zero-order valence-corrected chi connectivity index (χ0v) is 13.6. The van der Waals surface area contributed by atoms with Crippen molar-refractivity contribution in [2.75, 3.05) is 19.7 Å². The summed E-state index contributed by atoms with van der Waals surface area (Å²) in [5.41, 5.74) is 7.16. The van der Waals surface area contributed by atoms with E-state index in [0.29, 0.717) is 13.2 Å². The van der Waals surface area contributed by atoms with Crippen molar-refractivity contribution in [1.82, 2.24) is 4.90 Å². The van der Waals surface area contributed by atoms with Gasteiger partial charge in [-0.25, -0.2) is 0 Å². The van der Waals surface area contributed by atoms with Gasteiger partial charge in [0.05, 0.1) is 18.6 Å². The van der Waals surface area contributed by atoms with E-state index < -0.39 is 17.4 Å². The van der Waals surface area contributed by atoms with E-state index in [9.17, 15) is 9.59 Å². The third-order valence-corrected chi connectivity index (χ3v) is 5.11. The Morgan fingerprint density at radius 3 is 2.70 bits per heavy atom. The lowest BCUT2D eigenvalue weighted by atomic mass is 9.77. The van der Waals surface area contributed by atoms with Crippen LogP contribution in [0.5, 0.6) is 0 Å². The Morgan fingerprint density at radius 2 is 2.04 bits per heavy atom. The number of nitrogens with zero attached hydrogens (tertiary/aromatic N) is 1. The molecule has 124 valence electrons. The minimum atomic E-state index is -0.691. The summed E-state index contributed by atoms with van der Waals surface area (Å²) in [6.45, 7) is 3.20. The van der Waals surface area contributed by atoms with Gasteiger partial charge in [0.1, 0.15) is 0 Å². The molecular formula is C18H24N2O3. The van der Waals surface area contributed by atoms with E-state index in [1.54, 1.807) is 4.90 Å². The maximum atomic E-state index is 13.3. The smallest absolute Gasteiger partial charge is 0.248 e. The molecule has 23 heavy (non-hydrogen) atoms. The van der Waals surface area contributed by atoms with Gasteiger partial charge in [0.15, 0.2) is 6.10 Å². The lowest BCUT2D eigenvalue weighted by Gasteiger charge is -2.38. The molecule has 0 bridgehead atoms. The van der Waals surface area contributed by atoms with E-state index in [0.717, 1.165) is 31.2 Å². The van der Waals surface area contributed by atoms with Crippen LogP contribution in [0.1, 0.15) is 36.8 Å². The molecule has 0 spiro atoms. The van der Waals surface area contributed by atoms with E-state index in [2.05, 4.69) is 25.1 Å². The number of ether oxygens (including phenoxy) is 1. The van der Waals surface area contributed by atoms with Crippen LogP contribution in [0.2, 0.25) is 0 Å². The maximum absolute atomic E-state index is 13.3. The van der Waals surface area contributed by atoms with E-state index in [1.165, 1.54) is 5.56 Å². The molecule has 2 aliphatic rings. The average molecular weight is 316 g/mol. The summed E-state index contributed by atoms with van der Waals surface area (Å²) < 4.78 is 5.37. The highest BCUT2D eigenvalue weighted by atomic mass is 16.5. The molecule has 5 nitrogen and oxygen atoms in total. The molecule has 1 aromatic rings. The number of carbonyl (C=O) groups excluding carboxylic acids is 2. The highest BCUT2D eigenvalue weighted by Crippen LogP contribution is 2.43. The number of carbonyl (C=O) groups is 2. The zero-order chi connectivity index (χ0) is 16.4. The molecule has 2 fully saturated rings. The second-order valence-electron chi connectivity index (χ2n) is 6.67. The normalized spacial score (nSPS) is 23.7. The van der Waals surface area contributed by atoms with Crippen LogP contribution in [0.3, 0.4) is 0 Å². The van der Waals surface area contributed by atoms with Gasteiger partial charge in [-0.1, -0.05) is 42.7 Å². The Morgan fingerprint density at radius 1 is 1.30 bits per heavy atom. The summed E-state index contributed by atoms with van der Waals surface area (Å²) in [6, 6.07) is 8.25. The van der Waals surface area contributed by atoms with E-state index in [1.807, 2.05) is 6.07 Å². The second kappa shape index (κ2) is 6.32. The van der Waals surface area contributed by atoms with Crippen molar-refractivity contribution in [2.24, 2.45) is 5.73 Å². The Kier molecular flexibility index (Phi) is 4.39. The van der Waals surface area contributed by atoms with Gasteiger partial charge in [0.25, 0.3) is 0 Å². The number of morpholine rings is 1. The van der Waals surface area contributed by atoms with E-state index >= 15 is 0 Å². The monoisotopic (exact) mass is 316 g/mol. The van der Waals surface area contributed by atoms with Gasteiger partial charge in [0, 0.05) is 6.54 Å². The number of rotatable bonds is 3. The van der Waals surface area contributed by atoms with Crippen LogP contribution in [0, 0.1) is 6.92 Å². The first-order chi connectivity index (χ1) is 11.0. The Hall–Kier alpha value is -1.88. The Balaban J connectivity index is 1.89. The van der Waals surface area contributed by atoms with Gasteiger partial charge in [-0.2, -0.15) is 0 Å². The van der Waals surface area contributed by atoms with Crippen LogP contribution in [-0.2, 0) is 19.7 Å². The standard InChI is InChI=1S/C18H24N2O3/c1-13-5-4-6-14(11-13)18(7-2-3-8-18)17(22)20-9-10-23-15(12-20)16(19)21/h4-6,11,15H,2-3,7-10,12H2,1H3,(H2,19,21). The number of nitrogens with two attached hydrogens (primary N) is 1. The highest BCUT2D eigenvalue weighted by molar-refractivity contribution is 5.89. The van der Waals surface area contributed by atoms with Crippen molar-refractivity contribution in [3.63, 3.8) is 0 Å². The summed E-state index contributed by atoms with van der Waals surface area (Å²) >= 11 is 0. The lowest BCUT2D eigenvalue weighted by Crippen LogP contribution is -2.55. The van der Waals surface area contributed by atoms with Crippen LogP contribution in [0.4, 0.5) is 0 Å². The van der Waals surface area contributed by atoms with Crippen LogP contribution >= 0.6 is 0 Å². The summed E-state index contributed by atoms with van der Waals surface area (Å²) in [4.78, 5) is 26.5. The molecule has 2 amide bonds. The summed E-state index contributed by atoms with van der Waals surface area (Å²) in [5, 5.41) is 0. The first-order valence-corrected chi connectivity index (χ1v) is 8.30. The molecule has 2 N–H and O–H groups in total. The number of primary amides is 1. The zero-order valence-electron chi connectivity index (χ0n) is 13.6. The fraction of sp³-hybridized carbons (Fsp3) is 0.556. The van der Waals surface area contributed by atoms with Crippen LogP contribution in [0.15, 0.2) is 24.3 Å². The molecule has 0 aromatic heterocycles. The first kappa shape index (κ1) is 16.0. The molecule has 1 unspecified atom stereocenters. The fourth-order valence-electron chi connectivity index (χ4n) is 3.86. The molecule has 1 aromatic carbocycles. The van der Waals surface area contributed by atoms with E-state index in [4.69, 9.17) is 10.5 Å². The fourth-order valence-corrected chi connectivity index (χ4v) is 3.86. The van der Waals surface area contributed by atoms with Crippen LogP contribution in [0.25, 0.3) is 0 Å². The van der Waals surface area contributed by atoms with Crippen molar-refractivity contribution < 1.29 is 14.3 Å². The van der Waals surface area contributed by atoms with Crippen molar-refractivity contribution in [3.8, 4) is 0 Å². The molecule has 1 aliphatic heterocycles. The lowest BCUT2D eigenvalue weighted by molar-refractivity contribution is -0.149. The third-order valence-electron chi connectivity index (χ3n) is 5.11. The number of benzene rings is 1. The summed E-state index contributed by atoms with van der Waals surface area (Å²) in [7, 11) is 0. The number of hydrogen-bond acceptors (Lipinski definition) is 3.